The van der Waals surface area contributed by atoms with Crippen LogP contribution in [0.3, 0.4) is 0 Å². The zero-order valence-corrected chi connectivity index (χ0v) is 17.3. The Balaban J connectivity index is 1.46. The quantitative estimate of drug-likeness (QED) is 0.760. The predicted molar refractivity (Wildman–Crippen MR) is 113 cm³/mol. The van der Waals surface area contributed by atoms with Gasteiger partial charge in [-0.1, -0.05) is 6.92 Å². The van der Waals surface area contributed by atoms with Crippen molar-refractivity contribution in [1.29, 1.82) is 0 Å². The molecule has 9 heteroatoms. The lowest BCUT2D eigenvalue weighted by Crippen LogP contribution is -2.37. The van der Waals surface area contributed by atoms with Gasteiger partial charge in [-0.05, 0) is 43.2 Å². The fourth-order valence-corrected chi connectivity index (χ4v) is 3.76. The van der Waals surface area contributed by atoms with Gasteiger partial charge in [0, 0.05) is 36.8 Å². The molecule has 2 amide bonds. The number of benzene rings is 1. The van der Waals surface area contributed by atoms with E-state index in [4.69, 9.17) is 4.74 Å². The van der Waals surface area contributed by atoms with Gasteiger partial charge >= 0.3 is 6.09 Å². The van der Waals surface area contributed by atoms with Crippen molar-refractivity contribution in [3.05, 3.63) is 42.3 Å². The van der Waals surface area contributed by atoms with Crippen LogP contribution >= 0.6 is 0 Å². The number of carbonyl (C=O) groups is 2. The molecule has 0 aliphatic carbocycles. The summed E-state index contributed by atoms with van der Waals surface area (Å²) >= 11 is 0. The molecule has 2 aromatic rings. The van der Waals surface area contributed by atoms with E-state index in [0.717, 1.165) is 18.9 Å². The summed E-state index contributed by atoms with van der Waals surface area (Å²) in [5.41, 5.74) is 1.36. The van der Waals surface area contributed by atoms with Crippen molar-refractivity contribution in [3.8, 4) is 11.1 Å². The summed E-state index contributed by atoms with van der Waals surface area (Å²) < 4.78 is 20.0. The Morgan fingerprint density at radius 3 is 2.71 bits per heavy atom. The van der Waals surface area contributed by atoms with Crippen LogP contribution < -0.4 is 15.1 Å². The predicted octanol–water partition coefficient (Wildman–Crippen LogP) is 2.66. The second-order valence-electron chi connectivity index (χ2n) is 7.69. The number of aliphatic hydroxyl groups is 1. The van der Waals surface area contributed by atoms with Gasteiger partial charge in [-0.15, -0.1) is 0 Å². The van der Waals surface area contributed by atoms with Gasteiger partial charge in [-0.2, -0.15) is 0 Å². The average molecular weight is 428 g/mol. The number of carbonyl (C=O) groups excluding carboxylic acids is 2. The van der Waals surface area contributed by atoms with Crippen molar-refractivity contribution in [2.45, 2.75) is 38.5 Å². The van der Waals surface area contributed by atoms with E-state index >= 15 is 0 Å². The van der Waals surface area contributed by atoms with Gasteiger partial charge in [0.15, 0.2) is 6.23 Å². The number of aliphatic hydroxyl groups excluding tert-OH is 1. The van der Waals surface area contributed by atoms with Crippen molar-refractivity contribution >= 4 is 23.5 Å². The SMILES string of the molecule is CCC(=O)NC1CN(c2ccc(-c3ccc(N4CCC(O)CC4)nc3)c(F)c2)C(=O)O1. The van der Waals surface area contributed by atoms with Gasteiger partial charge in [-0.3, -0.25) is 9.69 Å². The van der Waals surface area contributed by atoms with E-state index < -0.39 is 18.1 Å². The second-order valence-corrected chi connectivity index (χ2v) is 7.69. The number of hydrogen-bond donors (Lipinski definition) is 2. The monoisotopic (exact) mass is 428 g/mol. The van der Waals surface area contributed by atoms with Gasteiger partial charge in [0.1, 0.15) is 11.6 Å². The van der Waals surface area contributed by atoms with Crippen LogP contribution in [0.4, 0.5) is 20.7 Å². The van der Waals surface area contributed by atoms with Crippen LogP contribution in [0.15, 0.2) is 36.5 Å². The van der Waals surface area contributed by atoms with E-state index in [1.54, 1.807) is 25.3 Å². The van der Waals surface area contributed by atoms with Gasteiger partial charge in [0.2, 0.25) is 5.91 Å². The van der Waals surface area contributed by atoms with Crippen molar-refractivity contribution < 1.29 is 23.8 Å². The Bertz CT molecular complexity index is 960. The molecular formula is C22H25FN4O4. The first-order chi connectivity index (χ1) is 14.9. The molecule has 1 aromatic carbocycles. The van der Waals surface area contributed by atoms with Crippen LogP contribution in [-0.4, -0.2) is 54.1 Å². The molecule has 1 aromatic heterocycles. The third kappa shape index (κ3) is 4.61. The minimum absolute atomic E-state index is 0.115. The number of hydrogen-bond acceptors (Lipinski definition) is 6. The topological polar surface area (TPSA) is 95.0 Å². The molecule has 8 nitrogen and oxygen atoms in total. The molecule has 3 heterocycles. The zero-order valence-electron chi connectivity index (χ0n) is 17.3. The van der Waals surface area contributed by atoms with Gasteiger partial charge < -0.3 is 20.1 Å². The number of amides is 2. The summed E-state index contributed by atoms with van der Waals surface area (Å²) in [5.74, 6) is 0.0903. The molecule has 0 saturated carbocycles. The average Bonchev–Trinajstić information content (AvgIpc) is 3.14. The first-order valence-corrected chi connectivity index (χ1v) is 10.4. The number of nitrogens with one attached hydrogen (secondary N) is 1. The first kappa shape index (κ1) is 21.0. The van der Waals surface area contributed by atoms with Crippen molar-refractivity contribution in [2.24, 2.45) is 0 Å². The molecule has 1 unspecified atom stereocenters. The molecule has 31 heavy (non-hydrogen) atoms. The van der Waals surface area contributed by atoms with E-state index in [1.165, 1.54) is 11.0 Å². The largest absolute Gasteiger partial charge is 0.423 e. The zero-order chi connectivity index (χ0) is 22.0. The van der Waals surface area contributed by atoms with E-state index in [2.05, 4.69) is 15.2 Å². The summed E-state index contributed by atoms with van der Waals surface area (Å²) in [6.45, 7) is 3.30. The molecule has 0 radical (unpaired) electrons. The minimum Gasteiger partial charge on any atom is -0.423 e. The number of pyridine rings is 1. The summed E-state index contributed by atoms with van der Waals surface area (Å²) in [7, 11) is 0. The highest BCUT2D eigenvalue weighted by Crippen LogP contribution is 2.29. The summed E-state index contributed by atoms with van der Waals surface area (Å²) in [6, 6.07) is 8.18. The number of nitrogens with zero attached hydrogens (tertiary/aromatic N) is 3. The molecular weight excluding hydrogens is 403 g/mol. The van der Waals surface area contributed by atoms with Crippen molar-refractivity contribution in [1.82, 2.24) is 10.3 Å². The van der Waals surface area contributed by atoms with Crippen LogP contribution in [0.1, 0.15) is 26.2 Å². The summed E-state index contributed by atoms with van der Waals surface area (Å²) in [4.78, 5) is 31.5. The molecule has 0 spiro atoms. The number of cyclic esters (lactones) is 1. The highest BCUT2D eigenvalue weighted by molar-refractivity contribution is 5.90. The van der Waals surface area contributed by atoms with Gasteiger partial charge in [0.25, 0.3) is 0 Å². The standard InChI is InChI=1S/C22H25FN4O4/c1-2-20(29)25-21-13-27(22(30)31-21)15-4-5-17(18(23)11-15)14-3-6-19(24-12-14)26-9-7-16(28)8-10-26/h3-6,11-12,16,21,28H,2,7-10,13H2,1H3,(H,25,29). The minimum atomic E-state index is -0.754. The van der Waals surface area contributed by atoms with Crippen LogP contribution in [0.2, 0.25) is 0 Å². The number of aromatic nitrogens is 1. The van der Waals surface area contributed by atoms with Gasteiger partial charge in [-0.25, -0.2) is 14.2 Å². The molecule has 4 rings (SSSR count). The molecule has 0 bridgehead atoms. The van der Waals surface area contributed by atoms with E-state index in [1.807, 2.05) is 12.1 Å². The van der Waals surface area contributed by atoms with Gasteiger partial charge in [0.05, 0.1) is 18.3 Å². The number of rotatable bonds is 5. The molecule has 2 N–H and O–H groups in total. The van der Waals surface area contributed by atoms with Crippen molar-refractivity contribution in [3.63, 3.8) is 0 Å². The molecule has 1 atom stereocenters. The highest BCUT2D eigenvalue weighted by Gasteiger charge is 2.33. The van der Waals surface area contributed by atoms with Crippen LogP contribution in [0.5, 0.6) is 0 Å². The fraction of sp³-hybridized carbons (Fsp3) is 0.409. The smallest absolute Gasteiger partial charge is 0.416 e. The third-order valence-electron chi connectivity index (χ3n) is 5.57. The Labute approximate surface area is 179 Å². The maximum absolute atomic E-state index is 14.9. The second kappa shape index (κ2) is 8.89. The van der Waals surface area contributed by atoms with E-state index in [-0.39, 0.29) is 25.0 Å². The normalized spacial score (nSPS) is 19.5. The molecule has 2 aliphatic rings. The Morgan fingerprint density at radius 1 is 1.29 bits per heavy atom. The Kier molecular flexibility index (Phi) is 6.03. The molecule has 2 fully saturated rings. The number of ether oxygens (including phenoxy) is 1. The third-order valence-corrected chi connectivity index (χ3v) is 5.57. The van der Waals surface area contributed by atoms with Crippen LogP contribution in [0, 0.1) is 5.82 Å². The molecule has 2 saturated heterocycles. The van der Waals surface area contributed by atoms with Crippen molar-refractivity contribution in [2.75, 3.05) is 29.4 Å². The van der Waals surface area contributed by atoms with Crippen LogP contribution in [0.25, 0.3) is 11.1 Å². The fourth-order valence-electron chi connectivity index (χ4n) is 3.76. The lowest BCUT2D eigenvalue weighted by atomic mass is 10.1. The Hall–Kier alpha value is -3.20. The number of halogens is 1. The highest BCUT2D eigenvalue weighted by atomic mass is 19.1. The number of piperidine rings is 1. The maximum atomic E-state index is 14.9. The summed E-state index contributed by atoms with van der Waals surface area (Å²) in [6.07, 6.45) is 1.68. The van der Waals surface area contributed by atoms with E-state index in [9.17, 15) is 19.1 Å². The summed E-state index contributed by atoms with van der Waals surface area (Å²) in [5, 5.41) is 12.2. The van der Waals surface area contributed by atoms with E-state index in [0.29, 0.717) is 29.7 Å². The Morgan fingerprint density at radius 2 is 2.06 bits per heavy atom. The van der Waals surface area contributed by atoms with Crippen LogP contribution in [-0.2, 0) is 9.53 Å². The first-order valence-electron chi connectivity index (χ1n) is 10.4. The number of anilines is 2. The lowest BCUT2D eigenvalue weighted by molar-refractivity contribution is -0.123. The molecule has 2 aliphatic heterocycles. The lowest BCUT2D eigenvalue weighted by Gasteiger charge is -2.30. The molecule has 164 valence electrons. The maximum Gasteiger partial charge on any atom is 0.416 e.